The molecule has 1 aromatic rings. The van der Waals surface area contributed by atoms with E-state index >= 15 is 0 Å². The minimum absolute atomic E-state index is 0.312. The van der Waals surface area contributed by atoms with Gasteiger partial charge in [0.15, 0.2) is 0 Å². The van der Waals surface area contributed by atoms with Gasteiger partial charge in [0.1, 0.15) is 0 Å². The van der Waals surface area contributed by atoms with Crippen molar-refractivity contribution in [3.63, 3.8) is 0 Å². The molecule has 3 nitrogen and oxygen atoms in total. The molecule has 102 valence electrons. The first kappa shape index (κ1) is 14.6. The number of hydrogen-bond donors (Lipinski definition) is 0. The van der Waals surface area contributed by atoms with Crippen LogP contribution in [0.3, 0.4) is 0 Å². The molecule has 0 atom stereocenters. The van der Waals surface area contributed by atoms with Crippen molar-refractivity contribution in [3.8, 4) is 0 Å². The summed E-state index contributed by atoms with van der Waals surface area (Å²) < 4.78 is 11.8. The number of halogens is 1. The summed E-state index contributed by atoms with van der Waals surface area (Å²) in [7, 11) is -0.341. The van der Waals surface area contributed by atoms with Crippen LogP contribution >= 0.6 is 11.6 Å². The van der Waals surface area contributed by atoms with Crippen LogP contribution in [0, 0.1) is 0 Å². The number of aromatic nitrogens is 1. The fourth-order valence-corrected chi connectivity index (χ4v) is 1.96. The summed E-state index contributed by atoms with van der Waals surface area (Å²) in [6.07, 6.45) is 1.90. The number of nitrogens with zero attached hydrogens (tertiary/aromatic N) is 1. The van der Waals surface area contributed by atoms with Crippen molar-refractivity contribution < 1.29 is 9.31 Å². The third kappa shape index (κ3) is 3.19. The van der Waals surface area contributed by atoms with Gasteiger partial charge in [0.25, 0.3) is 0 Å². The van der Waals surface area contributed by atoms with Gasteiger partial charge in [-0.3, -0.25) is 4.98 Å². The topological polar surface area (TPSA) is 31.4 Å². The van der Waals surface area contributed by atoms with Gasteiger partial charge >= 0.3 is 7.12 Å². The van der Waals surface area contributed by atoms with E-state index in [1.54, 1.807) is 0 Å². The van der Waals surface area contributed by atoms with E-state index in [9.17, 15) is 0 Å². The molecule has 0 aliphatic carbocycles. The summed E-state index contributed by atoms with van der Waals surface area (Å²) in [5, 5.41) is 0. The first-order valence-electron chi connectivity index (χ1n) is 6.40. The van der Waals surface area contributed by atoms with Crippen LogP contribution in [-0.4, -0.2) is 23.3 Å². The lowest BCUT2D eigenvalue weighted by atomic mass is 9.89. The van der Waals surface area contributed by atoms with Crippen LogP contribution < -0.4 is 0 Å². The van der Waals surface area contributed by atoms with E-state index in [4.69, 9.17) is 20.9 Å². The minimum Gasteiger partial charge on any atom is -0.400 e. The van der Waals surface area contributed by atoms with E-state index in [0.29, 0.717) is 5.88 Å². The Kier molecular flexibility index (Phi) is 4.04. The van der Waals surface area contributed by atoms with Gasteiger partial charge in [0.05, 0.1) is 28.5 Å². The zero-order valence-corrected chi connectivity index (χ0v) is 12.6. The SMILES string of the molecule is CC1(C)OB(/C=C/c2cccc(CCl)n2)OC1(C)C. The normalized spacial score (nSPS) is 21.2. The van der Waals surface area contributed by atoms with Crippen LogP contribution in [0.5, 0.6) is 0 Å². The molecule has 0 N–H and O–H groups in total. The second-order valence-corrected chi connectivity index (χ2v) is 5.94. The van der Waals surface area contributed by atoms with E-state index in [0.717, 1.165) is 11.4 Å². The van der Waals surface area contributed by atoms with Gasteiger partial charge < -0.3 is 9.31 Å². The van der Waals surface area contributed by atoms with E-state index in [2.05, 4.69) is 4.98 Å². The Bertz CT molecular complexity index is 472. The largest absolute Gasteiger partial charge is 0.487 e. The molecule has 2 rings (SSSR count). The molecule has 2 heterocycles. The second-order valence-electron chi connectivity index (χ2n) is 5.67. The van der Waals surface area contributed by atoms with Crippen LogP contribution in [-0.2, 0) is 15.2 Å². The van der Waals surface area contributed by atoms with Gasteiger partial charge in [0, 0.05) is 0 Å². The average Bonchev–Trinajstić information content (AvgIpc) is 2.56. The molecule has 0 bridgehead atoms. The molecule has 0 unspecified atom stereocenters. The summed E-state index contributed by atoms with van der Waals surface area (Å²) in [5.74, 6) is 2.30. The third-order valence-corrected chi connectivity index (χ3v) is 3.93. The van der Waals surface area contributed by atoms with Crippen molar-refractivity contribution >= 4 is 24.8 Å². The first-order valence-corrected chi connectivity index (χ1v) is 6.93. The van der Waals surface area contributed by atoms with Gasteiger partial charge in [-0.05, 0) is 45.9 Å². The van der Waals surface area contributed by atoms with Crippen LogP contribution in [0.15, 0.2) is 24.2 Å². The lowest BCUT2D eigenvalue weighted by Gasteiger charge is -2.32. The molecule has 0 saturated carbocycles. The lowest BCUT2D eigenvalue weighted by molar-refractivity contribution is 0.00578. The maximum absolute atomic E-state index is 5.88. The number of hydrogen-bond acceptors (Lipinski definition) is 3. The van der Waals surface area contributed by atoms with Crippen LogP contribution in [0.25, 0.3) is 6.08 Å². The maximum atomic E-state index is 5.88. The molecule has 1 aliphatic heterocycles. The molecule has 0 spiro atoms. The van der Waals surface area contributed by atoms with Crippen molar-refractivity contribution in [1.82, 2.24) is 4.98 Å². The molecular formula is C14H19BClNO2. The van der Waals surface area contributed by atoms with Gasteiger partial charge in [-0.15, -0.1) is 11.6 Å². The second kappa shape index (κ2) is 5.27. The predicted molar refractivity (Wildman–Crippen MR) is 78.9 cm³/mol. The molecular weight excluding hydrogens is 260 g/mol. The average molecular weight is 280 g/mol. The Labute approximate surface area is 120 Å². The Morgan fingerprint density at radius 3 is 2.42 bits per heavy atom. The summed E-state index contributed by atoms with van der Waals surface area (Å²) >= 11 is 5.76. The Hall–Kier alpha value is -0.835. The van der Waals surface area contributed by atoms with E-state index in [1.807, 2.05) is 57.9 Å². The molecule has 19 heavy (non-hydrogen) atoms. The summed E-state index contributed by atoms with van der Waals surface area (Å²) in [4.78, 5) is 4.40. The standard InChI is InChI=1S/C14H19BClNO2/c1-13(2)14(3,4)19-15(18-13)9-8-11-6-5-7-12(10-16)17-11/h5-9H,10H2,1-4H3/b9-8+. The molecule has 1 fully saturated rings. The summed E-state index contributed by atoms with van der Waals surface area (Å²) in [6.45, 7) is 8.14. The summed E-state index contributed by atoms with van der Waals surface area (Å²) in [6, 6.07) is 5.77. The molecule has 0 aromatic carbocycles. The maximum Gasteiger partial charge on any atom is 0.487 e. The van der Waals surface area contributed by atoms with Crippen molar-refractivity contribution in [2.75, 3.05) is 0 Å². The van der Waals surface area contributed by atoms with Crippen LogP contribution in [0.2, 0.25) is 0 Å². The Morgan fingerprint density at radius 1 is 1.21 bits per heavy atom. The van der Waals surface area contributed by atoms with Crippen molar-refractivity contribution in [2.24, 2.45) is 0 Å². The highest BCUT2D eigenvalue weighted by molar-refractivity contribution is 6.52. The predicted octanol–water partition coefficient (Wildman–Crippen LogP) is 3.47. The molecule has 1 aliphatic rings. The lowest BCUT2D eigenvalue weighted by Crippen LogP contribution is -2.41. The third-order valence-electron chi connectivity index (χ3n) is 3.66. The Balaban J connectivity index is 2.08. The van der Waals surface area contributed by atoms with Gasteiger partial charge in [-0.1, -0.05) is 12.0 Å². The highest BCUT2D eigenvalue weighted by Crippen LogP contribution is 2.36. The molecule has 0 amide bonds. The monoisotopic (exact) mass is 279 g/mol. The highest BCUT2D eigenvalue weighted by Gasteiger charge is 2.49. The number of rotatable bonds is 3. The number of pyridine rings is 1. The van der Waals surface area contributed by atoms with Gasteiger partial charge in [0.2, 0.25) is 0 Å². The molecule has 5 heteroatoms. The zero-order chi connectivity index (χ0) is 14.1. The van der Waals surface area contributed by atoms with Gasteiger partial charge in [-0.2, -0.15) is 0 Å². The summed E-state index contributed by atoms with van der Waals surface area (Å²) in [5.41, 5.74) is 1.09. The van der Waals surface area contributed by atoms with E-state index in [1.165, 1.54) is 0 Å². The first-order chi connectivity index (χ1) is 8.84. The zero-order valence-electron chi connectivity index (χ0n) is 11.8. The highest BCUT2D eigenvalue weighted by atomic mass is 35.5. The minimum atomic E-state index is -0.341. The smallest absolute Gasteiger partial charge is 0.400 e. The Morgan fingerprint density at radius 2 is 1.84 bits per heavy atom. The number of alkyl halides is 1. The molecule has 1 saturated heterocycles. The molecule has 0 radical (unpaired) electrons. The fourth-order valence-electron chi connectivity index (χ4n) is 1.81. The van der Waals surface area contributed by atoms with Crippen molar-refractivity contribution in [1.29, 1.82) is 0 Å². The van der Waals surface area contributed by atoms with Crippen molar-refractivity contribution in [2.45, 2.75) is 44.8 Å². The van der Waals surface area contributed by atoms with E-state index < -0.39 is 0 Å². The van der Waals surface area contributed by atoms with Crippen LogP contribution in [0.1, 0.15) is 39.1 Å². The molecule has 1 aromatic heterocycles. The van der Waals surface area contributed by atoms with Crippen molar-refractivity contribution in [3.05, 3.63) is 35.6 Å². The van der Waals surface area contributed by atoms with Crippen LogP contribution in [0.4, 0.5) is 0 Å². The van der Waals surface area contributed by atoms with Gasteiger partial charge in [-0.25, -0.2) is 0 Å². The van der Waals surface area contributed by atoms with E-state index in [-0.39, 0.29) is 18.3 Å². The quantitative estimate of drug-likeness (QED) is 0.627. The fraction of sp³-hybridized carbons (Fsp3) is 0.500.